The molecule has 6 nitrogen and oxygen atoms in total. The molecule has 0 aliphatic carbocycles. The molecule has 0 spiro atoms. The van der Waals surface area contributed by atoms with Gasteiger partial charge < -0.3 is 14.8 Å². The summed E-state index contributed by atoms with van der Waals surface area (Å²) in [5.74, 6) is -0.668. The van der Waals surface area contributed by atoms with Gasteiger partial charge in [0, 0.05) is 11.8 Å². The molecule has 9 heteroatoms. The highest BCUT2D eigenvalue weighted by Gasteiger charge is 2.17. The lowest BCUT2D eigenvalue weighted by Crippen LogP contribution is -2.26. The smallest absolute Gasteiger partial charge is 0.387 e. The number of carbonyl (C=O) groups excluding carboxylic acids is 1. The molecule has 0 bridgehead atoms. The van der Waals surface area contributed by atoms with Crippen molar-refractivity contribution in [1.82, 2.24) is 5.32 Å². The van der Waals surface area contributed by atoms with Gasteiger partial charge in [-0.15, -0.1) is 0 Å². The molecule has 0 saturated carbocycles. The Bertz CT molecular complexity index is 914. The minimum absolute atomic E-state index is 0.0799. The molecule has 146 valence electrons. The third kappa shape index (κ3) is 5.40. The topological polar surface area (TPSA) is 81.7 Å². The summed E-state index contributed by atoms with van der Waals surface area (Å²) in [5, 5.41) is 2.72. The van der Waals surface area contributed by atoms with Crippen molar-refractivity contribution >= 4 is 15.7 Å². The van der Waals surface area contributed by atoms with Crippen molar-refractivity contribution in [2.24, 2.45) is 0 Å². The summed E-state index contributed by atoms with van der Waals surface area (Å²) in [6, 6.07) is 9.61. The van der Waals surface area contributed by atoms with E-state index in [1.807, 2.05) is 0 Å². The number of nitrogens with one attached hydrogen (secondary N) is 1. The van der Waals surface area contributed by atoms with Gasteiger partial charge in [-0.3, -0.25) is 4.79 Å². The zero-order valence-corrected chi connectivity index (χ0v) is 15.7. The Morgan fingerprint density at radius 2 is 1.70 bits per heavy atom. The van der Waals surface area contributed by atoms with E-state index in [1.165, 1.54) is 37.4 Å². The van der Waals surface area contributed by atoms with Gasteiger partial charge in [0.1, 0.15) is 0 Å². The molecule has 0 aliphatic rings. The minimum atomic E-state index is -3.31. The fraction of sp³-hybridized carbons (Fsp3) is 0.278. The van der Waals surface area contributed by atoms with Gasteiger partial charge in [-0.25, -0.2) is 8.42 Å². The number of rotatable bonds is 7. The summed E-state index contributed by atoms with van der Waals surface area (Å²) in [5.41, 5.74) is 0.805. The fourth-order valence-corrected chi connectivity index (χ4v) is 3.00. The number of halogens is 2. The Hall–Kier alpha value is -2.68. The van der Waals surface area contributed by atoms with Crippen molar-refractivity contribution in [3.63, 3.8) is 0 Å². The molecule has 2 aromatic rings. The molecule has 1 atom stereocenters. The number of sulfone groups is 1. The molecule has 1 N–H and O–H groups in total. The molecule has 2 rings (SSSR count). The minimum Gasteiger partial charge on any atom is -0.493 e. The highest BCUT2D eigenvalue weighted by molar-refractivity contribution is 7.90. The maximum atomic E-state index is 12.5. The van der Waals surface area contributed by atoms with Gasteiger partial charge in [0.25, 0.3) is 5.91 Å². The second-order valence-electron chi connectivity index (χ2n) is 5.78. The second-order valence-corrected chi connectivity index (χ2v) is 7.80. The van der Waals surface area contributed by atoms with Crippen LogP contribution in [0.25, 0.3) is 0 Å². The monoisotopic (exact) mass is 399 g/mol. The molecule has 1 unspecified atom stereocenters. The number of hydrogen-bond acceptors (Lipinski definition) is 5. The van der Waals surface area contributed by atoms with Crippen molar-refractivity contribution in [3.8, 4) is 11.5 Å². The van der Waals surface area contributed by atoms with E-state index in [0.717, 1.165) is 6.26 Å². The van der Waals surface area contributed by atoms with E-state index in [2.05, 4.69) is 10.1 Å². The summed E-state index contributed by atoms with van der Waals surface area (Å²) in [6.45, 7) is -1.34. The maximum Gasteiger partial charge on any atom is 0.387 e. The Balaban J connectivity index is 2.16. The molecule has 0 heterocycles. The van der Waals surface area contributed by atoms with Crippen molar-refractivity contribution in [2.45, 2.75) is 24.5 Å². The third-order valence-corrected chi connectivity index (χ3v) is 4.93. The van der Waals surface area contributed by atoms with Gasteiger partial charge in [-0.1, -0.05) is 12.1 Å². The number of hydrogen-bond donors (Lipinski definition) is 1. The zero-order valence-electron chi connectivity index (χ0n) is 14.9. The van der Waals surface area contributed by atoms with Gasteiger partial charge in [0.15, 0.2) is 21.3 Å². The number of benzene rings is 2. The highest BCUT2D eigenvalue weighted by Crippen LogP contribution is 2.29. The van der Waals surface area contributed by atoms with Crippen molar-refractivity contribution in [3.05, 3.63) is 53.6 Å². The van der Waals surface area contributed by atoms with E-state index in [-0.39, 0.29) is 22.0 Å². The summed E-state index contributed by atoms with van der Waals surface area (Å²) >= 11 is 0. The predicted octanol–water partition coefficient (Wildman–Crippen LogP) is 3.19. The van der Waals surface area contributed by atoms with E-state index in [9.17, 15) is 22.0 Å². The number of amides is 1. The fourth-order valence-electron chi connectivity index (χ4n) is 2.37. The molecule has 0 aliphatic heterocycles. The molecule has 0 radical (unpaired) electrons. The molecule has 0 fully saturated rings. The van der Waals surface area contributed by atoms with Crippen LogP contribution < -0.4 is 14.8 Å². The van der Waals surface area contributed by atoms with Crippen LogP contribution in [0.4, 0.5) is 8.78 Å². The molecule has 0 aromatic heterocycles. The Kier molecular flexibility index (Phi) is 6.37. The third-order valence-electron chi connectivity index (χ3n) is 3.80. The standard InChI is InChI=1S/C18H19F2NO5S/c1-11(12-4-7-14(8-5-12)27(3,23)24)21-17(22)13-6-9-15(25-2)16(10-13)26-18(19)20/h4-11,18H,1-3H3,(H,21,22). The summed E-state index contributed by atoms with van der Waals surface area (Å²) in [4.78, 5) is 12.6. The largest absolute Gasteiger partial charge is 0.493 e. The normalized spacial score (nSPS) is 12.5. The molecule has 0 saturated heterocycles. The lowest BCUT2D eigenvalue weighted by Gasteiger charge is -2.16. The van der Waals surface area contributed by atoms with Gasteiger partial charge in [0.05, 0.1) is 18.0 Å². The molecule has 1 amide bonds. The zero-order chi connectivity index (χ0) is 20.2. The average Bonchev–Trinajstić information content (AvgIpc) is 2.60. The van der Waals surface area contributed by atoms with Crippen LogP contribution in [0.1, 0.15) is 28.9 Å². The quantitative estimate of drug-likeness (QED) is 0.773. The molecule has 2 aromatic carbocycles. The Morgan fingerprint density at radius 1 is 1.07 bits per heavy atom. The highest BCUT2D eigenvalue weighted by atomic mass is 32.2. The predicted molar refractivity (Wildman–Crippen MR) is 95.1 cm³/mol. The molecular formula is C18H19F2NO5S. The first kappa shape index (κ1) is 20.6. The van der Waals surface area contributed by atoms with Crippen molar-refractivity contribution in [1.29, 1.82) is 0 Å². The SMILES string of the molecule is COc1ccc(C(=O)NC(C)c2ccc(S(C)(=O)=O)cc2)cc1OC(F)F. The van der Waals surface area contributed by atoms with Crippen LogP contribution in [0.2, 0.25) is 0 Å². The van der Waals surface area contributed by atoms with E-state index in [4.69, 9.17) is 4.74 Å². The maximum absolute atomic E-state index is 12.5. The Labute approximate surface area is 156 Å². The lowest BCUT2D eigenvalue weighted by atomic mass is 10.1. The van der Waals surface area contributed by atoms with E-state index in [0.29, 0.717) is 5.56 Å². The van der Waals surface area contributed by atoms with E-state index in [1.54, 1.807) is 19.1 Å². The first-order chi connectivity index (χ1) is 12.6. The second kappa shape index (κ2) is 8.34. The van der Waals surface area contributed by atoms with Gasteiger partial charge >= 0.3 is 6.61 Å². The van der Waals surface area contributed by atoms with Crippen LogP contribution in [0, 0.1) is 0 Å². The first-order valence-electron chi connectivity index (χ1n) is 7.85. The average molecular weight is 399 g/mol. The van der Waals surface area contributed by atoms with Gasteiger partial charge in [-0.05, 0) is 42.8 Å². The summed E-state index contributed by atoms with van der Waals surface area (Å²) in [7, 11) is -2.01. The van der Waals surface area contributed by atoms with Crippen LogP contribution in [-0.2, 0) is 9.84 Å². The summed E-state index contributed by atoms with van der Waals surface area (Å²) < 4.78 is 57.3. The van der Waals surface area contributed by atoms with Crippen molar-refractivity contribution < 1.29 is 31.5 Å². The van der Waals surface area contributed by atoms with Crippen LogP contribution in [0.3, 0.4) is 0 Å². The number of alkyl halides is 2. The molecule has 27 heavy (non-hydrogen) atoms. The van der Waals surface area contributed by atoms with E-state index < -0.39 is 28.4 Å². The molecular weight excluding hydrogens is 380 g/mol. The van der Waals surface area contributed by atoms with Crippen molar-refractivity contribution in [2.75, 3.05) is 13.4 Å². The lowest BCUT2D eigenvalue weighted by molar-refractivity contribution is -0.0512. The van der Waals surface area contributed by atoms with E-state index >= 15 is 0 Å². The van der Waals surface area contributed by atoms with Gasteiger partial charge in [-0.2, -0.15) is 8.78 Å². The van der Waals surface area contributed by atoms with Crippen LogP contribution in [0.15, 0.2) is 47.4 Å². The van der Waals surface area contributed by atoms with Crippen LogP contribution in [-0.4, -0.2) is 34.3 Å². The van der Waals surface area contributed by atoms with Crippen LogP contribution in [0.5, 0.6) is 11.5 Å². The number of ether oxygens (including phenoxy) is 2. The number of carbonyl (C=O) groups is 1. The summed E-state index contributed by atoms with van der Waals surface area (Å²) in [6.07, 6.45) is 1.11. The Morgan fingerprint density at radius 3 is 2.22 bits per heavy atom. The van der Waals surface area contributed by atoms with Crippen LogP contribution >= 0.6 is 0 Å². The van der Waals surface area contributed by atoms with Gasteiger partial charge in [0.2, 0.25) is 0 Å². The number of methoxy groups -OCH3 is 1. The first-order valence-corrected chi connectivity index (χ1v) is 9.74.